The molecule has 1 aliphatic rings. The standard InChI is InChI=1S/C19H20Cl2N2O5S/c20-14-4-1-5-17(19(14)21)28-10-2-6-18(25)22-15-12-13(7-8-16(15)24)23-9-3-11-29(23,26)27/h1,4-5,7-8,12,24H,2-3,6,9-11H2,(H,22,25). The third-order valence-electron chi connectivity index (χ3n) is 4.36. The third-order valence-corrected chi connectivity index (χ3v) is 7.03. The second-order valence-corrected chi connectivity index (χ2v) is 9.29. The number of aromatic hydroxyl groups is 1. The first-order valence-electron chi connectivity index (χ1n) is 8.98. The normalized spacial score (nSPS) is 15.3. The van der Waals surface area contributed by atoms with Gasteiger partial charge in [-0.2, -0.15) is 0 Å². The number of sulfonamides is 1. The Morgan fingerprint density at radius 1 is 1.24 bits per heavy atom. The van der Waals surface area contributed by atoms with Crippen LogP contribution in [0.3, 0.4) is 0 Å². The van der Waals surface area contributed by atoms with Gasteiger partial charge in [0.25, 0.3) is 0 Å². The molecule has 156 valence electrons. The number of hydrogen-bond donors (Lipinski definition) is 2. The van der Waals surface area contributed by atoms with Crippen molar-refractivity contribution in [3.05, 3.63) is 46.4 Å². The molecule has 0 aliphatic carbocycles. The molecule has 0 aromatic heterocycles. The molecule has 7 nitrogen and oxygen atoms in total. The fourth-order valence-corrected chi connectivity index (χ4v) is 4.83. The topological polar surface area (TPSA) is 95.9 Å². The predicted molar refractivity (Wildman–Crippen MR) is 114 cm³/mol. The Bertz CT molecular complexity index is 1010. The van der Waals surface area contributed by atoms with Gasteiger partial charge in [-0.3, -0.25) is 9.10 Å². The summed E-state index contributed by atoms with van der Waals surface area (Å²) in [4.78, 5) is 12.2. The van der Waals surface area contributed by atoms with Gasteiger partial charge in [0.05, 0.1) is 28.8 Å². The first-order chi connectivity index (χ1) is 13.8. The summed E-state index contributed by atoms with van der Waals surface area (Å²) < 4.78 is 30.9. The van der Waals surface area contributed by atoms with Gasteiger partial charge >= 0.3 is 0 Å². The van der Waals surface area contributed by atoms with Crippen LogP contribution in [0.5, 0.6) is 11.5 Å². The van der Waals surface area contributed by atoms with E-state index in [1.165, 1.54) is 22.5 Å². The van der Waals surface area contributed by atoms with Gasteiger partial charge in [0.15, 0.2) is 0 Å². The number of nitrogens with zero attached hydrogens (tertiary/aromatic N) is 1. The SMILES string of the molecule is O=C(CCCOc1cccc(Cl)c1Cl)Nc1cc(N2CCCS2(=O)=O)ccc1O. The second kappa shape index (κ2) is 9.11. The fourth-order valence-electron chi connectivity index (χ4n) is 2.93. The van der Waals surface area contributed by atoms with Crippen molar-refractivity contribution in [2.45, 2.75) is 19.3 Å². The first-order valence-corrected chi connectivity index (χ1v) is 11.3. The van der Waals surface area contributed by atoms with Crippen LogP contribution in [0, 0.1) is 0 Å². The minimum Gasteiger partial charge on any atom is -0.506 e. The number of ether oxygens (including phenoxy) is 1. The van der Waals surface area contributed by atoms with Crippen molar-refractivity contribution in [2.75, 3.05) is 28.5 Å². The lowest BCUT2D eigenvalue weighted by Crippen LogP contribution is -2.25. The molecule has 1 heterocycles. The summed E-state index contributed by atoms with van der Waals surface area (Å²) in [6.07, 6.45) is 1.10. The smallest absolute Gasteiger partial charge is 0.235 e. The molecule has 1 saturated heterocycles. The van der Waals surface area contributed by atoms with E-state index in [0.29, 0.717) is 40.9 Å². The fraction of sp³-hybridized carbons (Fsp3) is 0.316. The molecule has 0 spiro atoms. The van der Waals surface area contributed by atoms with Gasteiger partial charge in [-0.05, 0) is 43.2 Å². The summed E-state index contributed by atoms with van der Waals surface area (Å²) in [5, 5.41) is 13.3. The number of hydrogen-bond acceptors (Lipinski definition) is 5. The highest BCUT2D eigenvalue weighted by atomic mass is 35.5. The maximum Gasteiger partial charge on any atom is 0.235 e. The lowest BCUT2D eigenvalue weighted by atomic mass is 10.2. The predicted octanol–water partition coefficient (Wildman–Crippen LogP) is 4.04. The molecule has 1 fully saturated rings. The molecule has 0 saturated carbocycles. The molecule has 2 N–H and O–H groups in total. The second-order valence-electron chi connectivity index (χ2n) is 6.50. The van der Waals surface area contributed by atoms with Gasteiger partial charge < -0.3 is 15.2 Å². The maximum atomic E-state index is 12.2. The van der Waals surface area contributed by atoms with E-state index >= 15 is 0 Å². The van der Waals surface area contributed by atoms with Crippen LogP contribution in [0.4, 0.5) is 11.4 Å². The summed E-state index contributed by atoms with van der Waals surface area (Å²) in [5.74, 6) is 0.0616. The van der Waals surface area contributed by atoms with Crippen molar-refractivity contribution < 1.29 is 23.1 Å². The largest absolute Gasteiger partial charge is 0.506 e. The lowest BCUT2D eigenvalue weighted by Gasteiger charge is -2.18. The van der Waals surface area contributed by atoms with Crippen molar-refractivity contribution in [2.24, 2.45) is 0 Å². The molecule has 1 amide bonds. The number of anilines is 2. The van der Waals surface area contributed by atoms with E-state index in [4.69, 9.17) is 27.9 Å². The van der Waals surface area contributed by atoms with Crippen molar-refractivity contribution in [1.82, 2.24) is 0 Å². The summed E-state index contributed by atoms with van der Waals surface area (Å²) in [6, 6.07) is 9.38. The number of benzene rings is 2. The first kappa shape index (κ1) is 21.5. The van der Waals surface area contributed by atoms with Gasteiger partial charge in [-0.1, -0.05) is 29.3 Å². The average Bonchev–Trinajstić information content (AvgIpc) is 3.03. The Hall–Kier alpha value is -2.16. The highest BCUT2D eigenvalue weighted by Gasteiger charge is 2.28. The van der Waals surface area contributed by atoms with E-state index in [1.807, 2.05) is 0 Å². The van der Waals surface area contributed by atoms with Crippen molar-refractivity contribution >= 4 is 50.5 Å². The number of phenolic OH excluding ortho intramolecular Hbond substituents is 1. The highest BCUT2D eigenvalue weighted by molar-refractivity contribution is 7.93. The quantitative estimate of drug-likeness (QED) is 0.482. The van der Waals surface area contributed by atoms with Crippen molar-refractivity contribution in [3.63, 3.8) is 0 Å². The maximum absolute atomic E-state index is 12.2. The molecule has 10 heteroatoms. The van der Waals surface area contributed by atoms with Crippen LogP contribution in [0.2, 0.25) is 10.0 Å². The van der Waals surface area contributed by atoms with Gasteiger partial charge in [-0.15, -0.1) is 0 Å². The summed E-state index contributed by atoms with van der Waals surface area (Å²) >= 11 is 12.0. The Morgan fingerprint density at radius 3 is 2.76 bits per heavy atom. The molecule has 29 heavy (non-hydrogen) atoms. The van der Waals surface area contributed by atoms with E-state index < -0.39 is 10.0 Å². The van der Waals surface area contributed by atoms with E-state index in [1.54, 1.807) is 18.2 Å². The zero-order chi connectivity index (χ0) is 21.0. The Balaban J connectivity index is 1.55. The number of phenols is 1. The van der Waals surface area contributed by atoms with Crippen LogP contribution in [-0.4, -0.2) is 38.3 Å². The molecule has 0 unspecified atom stereocenters. The molecule has 1 aliphatic heterocycles. The number of rotatable bonds is 7. The molecular formula is C19H20Cl2N2O5S. The van der Waals surface area contributed by atoms with Crippen LogP contribution < -0.4 is 14.4 Å². The average molecular weight is 459 g/mol. The number of amides is 1. The van der Waals surface area contributed by atoms with Crippen LogP contribution in [-0.2, 0) is 14.8 Å². The number of carbonyl (C=O) groups excluding carboxylic acids is 1. The minimum atomic E-state index is -3.35. The minimum absolute atomic E-state index is 0.0895. The van der Waals surface area contributed by atoms with Crippen LogP contribution in [0.15, 0.2) is 36.4 Å². The molecular weight excluding hydrogens is 439 g/mol. The third kappa shape index (κ3) is 5.26. The number of carbonyl (C=O) groups is 1. The summed E-state index contributed by atoms with van der Waals surface area (Å²) in [7, 11) is -3.35. The molecule has 2 aromatic carbocycles. The monoisotopic (exact) mass is 458 g/mol. The Labute approximate surface area is 179 Å². The Morgan fingerprint density at radius 2 is 2.03 bits per heavy atom. The van der Waals surface area contributed by atoms with E-state index in [9.17, 15) is 18.3 Å². The van der Waals surface area contributed by atoms with Crippen LogP contribution >= 0.6 is 23.2 Å². The van der Waals surface area contributed by atoms with Gasteiger partial charge in [0, 0.05) is 13.0 Å². The summed E-state index contributed by atoms with van der Waals surface area (Å²) in [6.45, 7) is 0.634. The van der Waals surface area contributed by atoms with Gasteiger partial charge in [0.2, 0.25) is 15.9 Å². The molecule has 2 aromatic rings. The lowest BCUT2D eigenvalue weighted by molar-refractivity contribution is -0.116. The number of halogens is 2. The number of nitrogens with one attached hydrogen (secondary N) is 1. The van der Waals surface area contributed by atoms with E-state index in [-0.39, 0.29) is 36.1 Å². The summed E-state index contributed by atoms with van der Waals surface area (Å²) in [5.41, 5.74) is 0.572. The molecule has 3 rings (SSSR count). The zero-order valence-corrected chi connectivity index (χ0v) is 17.7. The van der Waals surface area contributed by atoms with Gasteiger partial charge in [-0.25, -0.2) is 8.42 Å². The highest BCUT2D eigenvalue weighted by Crippen LogP contribution is 2.33. The zero-order valence-electron chi connectivity index (χ0n) is 15.4. The molecule has 0 atom stereocenters. The molecule has 0 bridgehead atoms. The van der Waals surface area contributed by atoms with Crippen molar-refractivity contribution in [3.8, 4) is 11.5 Å². The van der Waals surface area contributed by atoms with Crippen LogP contribution in [0.1, 0.15) is 19.3 Å². The van der Waals surface area contributed by atoms with Crippen LogP contribution in [0.25, 0.3) is 0 Å². The van der Waals surface area contributed by atoms with Gasteiger partial charge in [0.1, 0.15) is 16.5 Å². The molecule has 0 radical (unpaired) electrons. The van der Waals surface area contributed by atoms with Crippen molar-refractivity contribution in [1.29, 1.82) is 0 Å². The Kier molecular flexibility index (Phi) is 6.77. The van der Waals surface area contributed by atoms with E-state index in [0.717, 1.165) is 0 Å². The van der Waals surface area contributed by atoms with E-state index in [2.05, 4.69) is 5.32 Å².